The Morgan fingerprint density at radius 1 is 0.872 bits per heavy atom. The second-order valence-electron chi connectivity index (χ2n) is 14.6. The molecule has 7 rings (SSSR count). The van der Waals surface area contributed by atoms with Crippen LogP contribution in [0.1, 0.15) is 74.5 Å². The van der Waals surface area contributed by atoms with Crippen LogP contribution in [-0.4, -0.2) is 69.6 Å². The molecule has 47 heavy (non-hydrogen) atoms. The maximum absolute atomic E-state index is 15.3. The Bertz CT molecular complexity index is 1560. The molecule has 1 aliphatic heterocycles. The Balaban J connectivity index is 1.15. The predicted molar refractivity (Wildman–Crippen MR) is 167 cm³/mol. The number of carbonyl (C=O) groups excluding carboxylic acids is 1. The quantitative estimate of drug-likeness (QED) is 0.333. The van der Waals surface area contributed by atoms with Crippen molar-refractivity contribution < 1.29 is 31.9 Å². The third kappa shape index (κ3) is 5.48. The normalized spacial score (nSPS) is 32.1. The largest absolute Gasteiger partial charge is 0.456 e. The van der Waals surface area contributed by atoms with Crippen LogP contribution < -0.4 is 0 Å². The number of hydrogen-bond donors (Lipinski definition) is 1. The Kier molecular flexibility index (Phi) is 8.24. The van der Waals surface area contributed by atoms with Gasteiger partial charge in [0.05, 0.1) is 0 Å². The Morgan fingerprint density at radius 2 is 1.49 bits per heavy atom. The molecule has 1 aromatic heterocycles. The van der Waals surface area contributed by atoms with Crippen LogP contribution in [0.3, 0.4) is 0 Å². The molecule has 5 atom stereocenters. The van der Waals surface area contributed by atoms with Gasteiger partial charge in [-0.1, -0.05) is 36.8 Å². The van der Waals surface area contributed by atoms with Gasteiger partial charge in [-0.3, -0.25) is 19.6 Å². The predicted octanol–water partition coefficient (Wildman–Crippen LogP) is 7.23. The van der Waals surface area contributed by atoms with Crippen molar-refractivity contribution in [2.45, 2.75) is 88.6 Å². The van der Waals surface area contributed by atoms with Gasteiger partial charge in [0, 0.05) is 69.4 Å². The average Bonchev–Trinajstić information content (AvgIpc) is 3.33. The summed E-state index contributed by atoms with van der Waals surface area (Å²) in [5.41, 5.74) is 1.53. The minimum Gasteiger partial charge on any atom is -0.383 e. The number of fused-ring (bicyclic) bond motifs is 4. The van der Waals surface area contributed by atoms with Crippen molar-refractivity contribution in [1.29, 1.82) is 0 Å². The van der Waals surface area contributed by atoms with E-state index < -0.39 is 41.4 Å². The lowest BCUT2D eigenvalue weighted by atomic mass is 9.50. The number of aliphatic hydroxyl groups is 1. The SMILES string of the molecule is C[C@]12C[C@H](c3ccc(CN4CCN(Cc5ccncc5)CC4)cc3)C3=C4CCC(=O)C=C4CC[C@H]3[C@@H]1CCC2(O)C(F)(F)C(F)(F)F. The highest BCUT2D eigenvalue weighted by molar-refractivity contribution is 5.93. The molecule has 2 aromatic rings. The van der Waals surface area contributed by atoms with Gasteiger partial charge in [0.2, 0.25) is 0 Å². The smallest absolute Gasteiger partial charge is 0.383 e. The molecule has 0 radical (unpaired) electrons. The molecule has 10 heteroatoms. The number of ketones is 1. The molecule has 0 amide bonds. The van der Waals surface area contributed by atoms with Crippen LogP contribution in [0.2, 0.25) is 0 Å². The summed E-state index contributed by atoms with van der Waals surface area (Å²) in [6, 6.07) is 12.1. The summed E-state index contributed by atoms with van der Waals surface area (Å²) in [7, 11) is 0. The Hall–Kier alpha value is -2.95. The van der Waals surface area contributed by atoms with Gasteiger partial charge in [-0.15, -0.1) is 0 Å². The molecule has 252 valence electrons. The minimum absolute atomic E-state index is 0.00478. The summed E-state index contributed by atoms with van der Waals surface area (Å²) in [6.07, 6.45) is 1.08. The van der Waals surface area contributed by atoms with Gasteiger partial charge in [0.15, 0.2) is 5.78 Å². The van der Waals surface area contributed by atoms with Crippen molar-refractivity contribution >= 4 is 5.78 Å². The number of pyridine rings is 1. The zero-order valence-electron chi connectivity index (χ0n) is 26.7. The monoisotopic (exact) mass is 655 g/mol. The van der Waals surface area contributed by atoms with Crippen molar-refractivity contribution in [3.05, 3.63) is 88.3 Å². The van der Waals surface area contributed by atoms with Gasteiger partial charge >= 0.3 is 12.1 Å². The van der Waals surface area contributed by atoms with Crippen LogP contribution in [0.15, 0.2) is 71.6 Å². The van der Waals surface area contributed by atoms with E-state index in [1.165, 1.54) is 12.5 Å². The van der Waals surface area contributed by atoms with Crippen LogP contribution >= 0.6 is 0 Å². The van der Waals surface area contributed by atoms with E-state index in [2.05, 4.69) is 14.8 Å². The summed E-state index contributed by atoms with van der Waals surface area (Å²) >= 11 is 0. The molecule has 4 aliphatic carbocycles. The fourth-order valence-electron chi connectivity index (χ4n) is 9.68. The van der Waals surface area contributed by atoms with E-state index in [4.69, 9.17) is 0 Å². The Labute approximate surface area is 272 Å². The second-order valence-corrected chi connectivity index (χ2v) is 14.6. The third-order valence-electron chi connectivity index (χ3n) is 12.2. The van der Waals surface area contributed by atoms with Crippen molar-refractivity contribution in [1.82, 2.24) is 14.8 Å². The maximum Gasteiger partial charge on any atom is 0.456 e. The number of hydrogen-bond acceptors (Lipinski definition) is 5. The van der Waals surface area contributed by atoms with Crippen molar-refractivity contribution in [3.63, 3.8) is 0 Å². The number of piperazine rings is 1. The number of aromatic nitrogens is 1. The molecule has 0 spiro atoms. The van der Waals surface area contributed by atoms with Gasteiger partial charge in [0.1, 0.15) is 5.60 Å². The maximum atomic E-state index is 15.3. The average molecular weight is 656 g/mol. The summed E-state index contributed by atoms with van der Waals surface area (Å²) < 4.78 is 72.1. The van der Waals surface area contributed by atoms with Gasteiger partial charge < -0.3 is 5.11 Å². The number of benzene rings is 1. The first-order valence-electron chi connectivity index (χ1n) is 16.9. The fourth-order valence-corrected chi connectivity index (χ4v) is 9.68. The van der Waals surface area contributed by atoms with Gasteiger partial charge in [-0.25, -0.2) is 0 Å². The van der Waals surface area contributed by atoms with Gasteiger partial charge in [-0.05, 0) is 96.4 Å². The molecule has 0 bridgehead atoms. The lowest BCUT2D eigenvalue weighted by Gasteiger charge is -2.56. The fraction of sp³-hybridized carbons (Fsp3) is 0.568. The molecule has 5 aliphatic rings. The first-order valence-corrected chi connectivity index (χ1v) is 16.9. The van der Waals surface area contributed by atoms with Crippen LogP contribution in [-0.2, 0) is 17.9 Å². The summed E-state index contributed by atoms with van der Waals surface area (Å²) in [4.78, 5) is 21.2. The molecular weight excluding hydrogens is 613 g/mol. The molecule has 3 fully saturated rings. The van der Waals surface area contributed by atoms with Gasteiger partial charge in [0.25, 0.3) is 0 Å². The molecule has 1 saturated heterocycles. The van der Waals surface area contributed by atoms with E-state index in [-0.39, 0.29) is 24.5 Å². The van der Waals surface area contributed by atoms with Crippen LogP contribution in [0.5, 0.6) is 0 Å². The van der Waals surface area contributed by atoms with Crippen LogP contribution in [0.25, 0.3) is 0 Å². The van der Waals surface area contributed by atoms with E-state index in [9.17, 15) is 23.1 Å². The summed E-state index contributed by atoms with van der Waals surface area (Å²) in [5.74, 6) is -6.31. The zero-order valence-corrected chi connectivity index (χ0v) is 26.7. The molecular formula is C37H42F5N3O2. The molecule has 1 unspecified atom stereocenters. The van der Waals surface area contributed by atoms with E-state index in [1.807, 2.05) is 48.8 Å². The van der Waals surface area contributed by atoms with E-state index in [1.54, 1.807) is 6.08 Å². The number of rotatable bonds is 6. The number of nitrogens with zero attached hydrogens (tertiary/aromatic N) is 3. The van der Waals surface area contributed by atoms with E-state index in [0.717, 1.165) is 67.1 Å². The number of allylic oxidation sites excluding steroid dienone is 4. The van der Waals surface area contributed by atoms with Crippen molar-refractivity contribution in [2.75, 3.05) is 26.2 Å². The van der Waals surface area contributed by atoms with Crippen molar-refractivity contribution in [2.24, 2.45) is 17.3 Å². The molecule has 1 aromatic carbocycles. The third-order valence-corrected chi connectivity index (χ3v) is 12.2. The van der Waals surface area contributed by atoms with E-state index >= 15 is 8.78 Å². The van der Waals surface area contributed by atoms with Crippen LogP contribution in [0, 0.1) is 17.3 Å². The molecule has 5 nitrogen and oxygen atoms in total. The molecule has 2 saturated carbocycles. The van der Waals surface area contributed by atoms with Gasteiger partial charge in [-0.2, -0.15) is 22.0 Å². The van der Waals surface area contributed by atoms with Crippen molar-refractivity contribution in [3.8, 4) is 0 Å². The standard InChI is InChI=1S/C37H42F5N3O2/c1-34-21-31(26-4-2-24(3-5-26)22-44-16-18-45(19-17-44)23-25-11-14-43-15-12-25)33-29-9-7-28(46)20-27(29)6-8-30(33)32(34)10-13-35(34,47)36(38,39)37(40,41)42/h2-5,11-12,14-15,20,30-32,47H,6-10,13,16-19,21-23H2,1H3/t30-,31+,32-,34-,35?/m0/s1. The summed E-state index contributed by atoms with van der Waals surface area (Å²) in [5, 5.41) is 11.5. The molecule has 1 N–H and O–H groups in total. The van der Waals surface area contributed by atoms with E-state index in [0.29, 0.717) is 25.7 Å². The van der Waals surface area contributed by atoms with Crippen LogP contribution in [0.4, 0.5) is 22.0 Å². The lowest BCUT2D eigenvalue weighted by molar-refractivity contribution is -0.362. The highest BCUT2D eigenvalue weighted by atomic mass is 19.4. The first kappa shape index (κ1) is 32.6. The highest BCUT2D eigenvalue weighted by Gasteiger charge is 2.79. The minimum atomic E-state index is -5.85. The molecule has 2 heterocycles. The lowest BCUT2D eigenvalue weighted by Crippen LogP contribution is -2.65. The number of halogens is 5. The topological polar surface area (TPSA) is 56.7 Å². The highest BCUT2D eigenvalue weighted by Crippen LogP contribution is 2.70. The summed E-state index contributed by atoms with van der Waals surface area (Å²) in [6.45, 7) is 6.86. The Morgan fingerprint density at radius 3 is 2.11 bits per heavy atom. The number of alkyl halides is 5. The second kappa shape index (κ2) is 11.9. The number of carbonyl (C=O) groups is 1. The zero-order chi connectivity index (χ0) is 33.2. The first-order chi connectivity index (χ1) is 22.3.